The summed E-state index contributed by atoms with van der Waals surface area (Å²) in [5.74, 6) is 1.05. The number of ether oxygens (including phenoxy) is 1. The highest BCUT2D eigenvalue weighted by Crippen LogP contribution is 2.29. The first-order chi connectivity index (χ1) is 10.0. The smallest absolute Gasteiger partial charge is 0.123 e. The summed E-state index contributed by atoms with van der Waals surface area (Å²) in [5.41, 5.74) is 2.77. The minimum absolute atomic E-state index is 0.134. The van der Waals surface area contributed by atoms with E-state index in [9.17, 15) is 0 Å². The summed E-state index contributed by atoms with van der Waals surface area (Å²) in [5, 5.41) is 3.55. The minimum Gasteiger partial charge on any atom is -0.488 e. The first kappa shape index (κ1) is 14.2. The van der Waals surface area contributed by atoms with Crippen molar-refractivity contribution in [2.24, 2.45) is 0 Å². The van der Waals surface area contributed by atoms with E-state index in [-0.39, 0.29) is 11.6 Å². The fraction of sp³-hybridized carbons (Fsp3) is 0.444. The van der Waals surface area contributed by atoms with Crippen LogP contribution in [-0.4, -0.2) is 16.2 Å². The summed E-state index contributed by atoms with van der Waals surface area (Å²) in [6, 6.07) is 12.6. The zero-order chi connectivity index (χ0) is 14.9. The lowest BCUT2D eigenvalue weighted by Crippen LogP contribution is -2.36. The molecule has 1 aliphatic heterocycles. The van der Waals surface area contributed by atoms with Crippen molar-refractivity contribution in [1.29, 1.82) is 0 Å². The maximum Gasteiger partial charge on any atom is 0.123 e. The molecule has 3 heteroatoms. The molecular formula is C18H24N2O. The molecule has 0 amide bonds. The van der Waals surface area contributed by atoms with Gasteiger partial charge in [0.1, 0.15) is 11.9 Å². The van der Waals surface area contributed by atoms with Crippen LogP contribution in [0.15, 0.2) is 42.6 Å². The van der Waals surface area contributed by atoms with E-state index in [4.69, 9.17) is 4.74 Å². The Morgan fingerprint density at radius 3 is 2.76 bits per heavy atom. The van der Waals surface area contributed by atoms with Gasteiger partial charge in [-0.15, -0.1) is 0 Å². The molecule has 0 saturated heterocycles. The summed E-state index contributed by atoms with van der Waals surface area (Å²) >= 11 is 0. The summed E-state index contributed by atoms with van der Waals surface area (Å²) in [7, 11) is 0. The zero-order valence-electron chi connectivity index (χ0n) is 13.1. The van der Waals surface area contributed by atoms with Gasteiger partial charge in [-0.05, 0) is 44.5 Å². The van der Waals surface area contributed by atoms with E-state index in [0.29, 0.717) is 0 Å². The molecule has 2 heterocycles. The third-order valence-corrected chi connectivity index (χ3v) is 3.84. The van der Waals surface area contributed by atoms with Crippen LogP contribution >= 0.6 is 0 Å². The molecule has 1 aromatic carbocycles. The minimum atomic E-state index is 0.134. The van der Waals surface area contributed by atoms with Crippen molar-refractivity contribution in [2.75, 3.05) is 0 Å². The lowest BCUT2D eigenvalue weighted by atomic mass is 10.1. The second kappa shape index (κ2) is 5.57. The lowest BCUT2D eigenvalue weighted by molar-refractivity contribution is 0.207. The Kier molecular flexibility index (Phi) is 3.77. The molecule has 0 radical (unpaired) electrons. The van der Waals surface area contributed by atoms with Crippen LogP contribution < -0.4 is 10.1 Å². The molecule has 3 nitrogen and oxygen atoms in total. The highest BCUT2D eigenvalue weighted by molar-refractivity contribution is 5.37. The van der Waals surface area contributed by atoms with E-state index in [1.165, 1.54) is 11.3 Å². The number of hydrogen-bond donors (Lipinski definition) is 1. The third kappa shape index (κ3) is 3.48. The number of aromatic nitrogens is 1. The van der Waals surface area contributed by atoms with E-state index in [0.717, 1.165) is 25.3 Å². The van der Waals surface area contributed by atoms with Crippen LogP contribution in [0.2, 0.25) is 0 Å². The average Bonchev–Trinajstić information content (AvgIpc) is 3.01. The Labute approximate surface area is 126 Å². The highest BCUT2D eigenvalue weighted by atomic mass is 16.5. The number of nitrogens with one attached hydrogen (secondary N) is 1. The standard InChI is InChI=1S/C18H24N2O/c1-18(2,3)19-12-15-8-6-10-20(15)13-16-11-14-7-4-5-9-17(14)21-16/h4-10,16,19H,11-13H2,1-3H3. The van der Waals surface area contributed by atoms with E-state index >= 15 is 0 Å². The summed E-state index contributed by atoms with van der Waals surface area (Å²) in [6.07, 6.45) is 3.38. The van der Waals surface area contributed by atoms with Crippen molar-refractivity contribution >= 4 is 0 Å². The maximum atomic E-state index is 6.04. The largest absolute Gasteiger partial charge is 0.488 e. The molecule has 1 N–H and O–H groups in total. The fourth-order valence-electron chi connectivity index (χ4n) is 2.72. The topological polar surface area (TPSA) is 26.2 Å². The van der Waals surface area contributed by atoms with Gasteiger partial charge in [-0.3, -0.25) is 0 Å². The SMILES string of the molecule is CC(C)(C)NCc1cccn1CC1Cc2ccccc2O1. The Balaban J connectivity index is 1.63. The molecule has 0 bridgehead atoms. The van der Waals surface area contributed by atoms with Gasteiger partial charge in [0.05, 0.1) is 6.54 Å². The monoisotopic (exact) mass is 284 g/mol. The van der Waals surface area contributed by atoms with Gasteiger partial charge in [0, 0.05) is 30.4 Å². The molecular weight excluding hydrogens is 260 g/mol. The Morgan fingerprint density at radius 2 is 2.00 bits per heavy atom. The molecule has 0 aliphatic carbocycles. The number of benzene rings is 1. The molecule has 1 atom stereocenters. The summed E-state index contributed by atoms with van der Waals surface area (Å²) in [6.45, 7) is 8.37. The lowest BCUT2D eigenvalue weighted by Gasteiger charge is -2.22. The van der Waals surface area contributed by atoms with Crippen LogP contribution in [0, 0.1) is 0 Å². The van der Waals surface area contributed by atoms with Gasteiger partial charge in [0.2, 0.25) is 0 Å². The number of fused-ring (bicyclic) bond motifs is 1. The van der Waals surface area contributed by atoms with E-state index in [1.807, 2.05) is 6.07 Å². The molecule has 1 aliphatic rings. The van der Waals surface area contributed by atoms with Crippen molar-refractivity contribution in [3.05, 3.63) is 53.9 Å². The Morgan fingerprint density at radius 1 is 1.19 bits per heavy atom. The normalized spacial score (nSPS) is 17.6. The molecule has 21 heavy (non-hydrogen) atoms. The van der Waals surface area contributed by atoms with Crippen LogP contribution in [-0.2, 0) is 19.5 Å². The molecule has 0 fully saturated rings. The van der Waals surface area contributed by atoms with Gasteiger partial charge in [0.15, 0.2) is 0 Å². The first-order valence-electron chi connectivity index (χ1n) is 7.65. The van der Waals surface area contributed by atoms with E-state index in [2.05, 4.69) is 67.2 Å². The molecule has 0 spiro atoms. The number of para-hydroxylation sites is 1. The summed E-state index contributed by atoms with van der Waals surface area (Å²) in [4.78, 5) is 0. The predicted molar refractivity (Wildman–Crippen MR) is 85.6 cm³/mol. The predicted octanol–water partition coefficient (Wildman–Crippen LogP) is 3.38. The number of nitrogens with zero attached hydrogens (tertiary/aromatic N) is 1. The van der Waals surface area contributed by atoms with Gasteiger partial charge in [-0.2, -0.15) is 0 Å². The fourth-order valence-corrected chi connectivity index (χ4v) is 2.72. The van der Waals surface area contributed by atoms with Gasteiger partial charge in [-0.25, -0.2) is 0 Å². The highest BCUT2D eigenvalue weighted by Gasteiger charge is 2.23. The maximum absolute atomic E-state index is 6.04. The van der Waals surface area contributed by atoms with Crippen LogP contribution in [0.4, 0.5) is 0 Å². The van der Waals surface area contributed by atoms with E-state index in [1.54, 1.807) is 0 Å². The van der Waals surface area contributed by atoms with Gasteiger partial charge < -0.3 is 14.6 Å². The summed E-state index contributed by atoms with van der Waals surface area (Å²) < 4.78 is 8.34. The van der Waals surface area contributed by atoms with E-state index < -0.39 is 0 Å². The number of rotatable bonds is 4. The van der Waals surface area contributed by atoms with Crippen LogP contribution in [0.3, 0.4) is 0 Å². The van der Waals surface area contributed by atoms with Crippen molar-refractivity contribution in [3.63, 3.8) is 0 Å². The third-order valence-electron chi connectivity index (χ3n) is 3.84. The molecule has 3 rings (SSSR count). The van der Waals surface area contributed by atoms with Crippen molar-refractivity contribution < 1.29 is 4.74 Å². The molecule has 1 aromatic heterocycles. The first-order valence-corrected chi connectivity index (χ1v) is 7.65. The van der Waals surface area contributed by atoms with Crippen molar-refractivity contribution in [3.8, 4) is 5.75 Å². The second-order valence-corrected chi connectivity index (χ2v) is 6.81. The molecule has 1 unspecified atom stereocenters. The number of hydrogen-bond acceptors (Lipinski definition) is 2. The molecule has 2 aromatic rings. The Bertz CT molecular complexity index is 585. The van der Waals surface area contributed by atoms with Gasteiger partial charge in [0.25, 0.3) is 0 Å². The Hall–Kier alpha value is -1.74. The zero-order valence-corrected chi connectivity index (χ0v) is 13.1. The molecule has 0 saturated carbocycles. The average molecular weight is 284 g/mol. The molecule has 112 valence electrons. The van der Waals surface area contributed by atoms with Crippen molar-refractivity contribution in [1.82, 2.24) is 9.88 Å². The second-order valence-electron chi connectivity index (χ2n) is 6.81. The van der Waals surface area contributed by atoms with Crippen LogP contribution in [0.5, 0.6) is 5.75 Å². The van der Waals surface area contributed by atoms with Crippen LogP contribution in [0.1, 0.15) is 32.0 Å². The van der Waals surface area contributed by atoms with Gasteiger partial charge >= 0.3 is 0 Å². The quantitative estimate of drug-likeness (QED) is 0.931. The van der Waals surface area contributed by atoms with Crippen molar-refractivity contribution in [2.45, 2.75) is 51.9 Å². The van der Waals surface area contributed by atoms with Gasteiger partial charge in [-0.1, -0.05) is 18.2 Å². The van der Waals surface area contributed by atoms with Crippen LogP contribution in [0.25, 0.3) is 0 Å².